The molecule has 0 saturated heterocycles. The molecule has 1 atom stereocenters. The van der Waals surface area contributed by atoms with Crippen LogP contribution in [0, 0.1) is 0 Å². The Morgan fingerprint density at radius 3 is 2.42 bits per heavy atom. The van der Waals surface area contributed by atoms with E-state index >= 15 is 0 Å². The van der Waals surface area contributed by atoms with Gasteiger partial charge in [-0.1, -0.05) is 19.8 Å². The minimum absolute atomic E-state index is 0.00412. The molecule has 0 fully saturated rings. The van der Waals surface area contributed by atoms with Crippen molar-refractivity contribution in [3.8, 4) is 0 Å². The SMILES string of the molecule is CCCCC(NS(=O)(=O)c1ccc(N)cc1)C(=O)O. The van der Waals surface area contributed by atoms with E-state index in [1.807, 2.05) is 6.92 Å². The molecule has 0 bridgehead atoms. The number of carboxylic acids is 1. The predicted octanol–water partition coefficient (Wildman–Crippen LogP) is 1.19. The molecule has 1 aromatic rings. The maximum atomic E-state index is 12.0. The second-order valence-corrected chi connectivity index (χ2v) is 5.94. The molecule has 4 N–H and O–H groups in total. The molecule has 1 rings (SSSR count). The molecule has 0 aliphatic carbocycles. The van der Waals surface area contributed by atoms with Gasteiger partial charge in [-0.15, -0.1) is 0 Å². The number of carboxylic acid groups (broad SMARTS) is 1. The number of aliphatic carboxylic acids is 1. The van der Waals surface area contributed by atoms with E-state index in [2.05, 4.69) is 4.72 Å². The smallest absolute Gasteiger partial charge is 0.321 e. The molecule has 1 aromatic carbocycles. The number of unbranched alkanes of at least 4 members (excludes halogenated alkanes) is 1. The molecule has 0 aliphatic rings. The van der Waals surface area contributed by atoms with Gasteiger partial charge in [0.15, 0.2) is 0 Å². The van der Waals surface area contributed by atoms with Gasteiger partial charge in [0.05, 0.1) is 4.90 Å². The Bertz CT molecular complexity index is 525. The van der Waals surface area contributed by atoms with Crippen LogP contribution in [0.1, 0.15) is 26.2 Å². The van der Waals surface area contributed by atoms with Crippen molar-refractivity contribution in [2.45, 2.75) is 37.1 Å². The minimum atomic E-state index is -3.84. The van der Waals surface area contributed by atoms with Crippen molar-refractivity contribution in [2.24, 2.45) is 0 Å². The number of carbonyl (C=O) groups is 1. The zero-order valence-electron chi connectivity index (χ0n) is 10.7. The Labute approximate surface area is 112 Å². The van der Waals surface area contributed by atoms with E-state index in [4.69, 9.17) is 10.8 Å². The monoisotopic (exact) mass is 286 g/mol. The highest BCUT2D eigenvalue weighted by molar-refractivity contribution is 7.89. The Morgan fingerprint density at radius 2 is 1.95 bits per heavy atom. The first-order valence-electron chi connectivity index (χ1n) is 5.97. The molecule has 0 saturated carbocycles. The molecule has 0 aromatic heterocycles. The number of nitrogen functional groups attached to an aromatic ring is 1. The standard InChI is InChI=1S/C12H18N2O4S/c1-2-3-4-11(12(15)16)14-19(17,18)10-7-5-9(13)6-8-10/h5-8,11,14H,2-4,13H2,1H3,(H,15,16). The zero-order valence-corrected chi connectivity index (χ0v) is 11.5. The fraction of sp³-hybridized carbons (Fsp3) is 0.417. The molecule has 7 heteroatoms. The molecule has 19 heavy (non-hydrogen) atoms. The number of benzene rings is 1. The summed E-state index contributed by atoms with van der Waals surface area (Å²) in [6, 6.07) is 4.49. The largest absolute Gasteiger partial charge is 0.480 e. The van der Waals surface area contributed by atoms with Crippen LogP contribution < -0.4 is 10.5 Å². The van der Waals surface area contributed by atoms with Crippen molar-refractivity contribution in [1.82, 2.24) is 4.72 Å². The summed E-state index contributed by atoms with van der Waals surface area (Å²) in [6.07, 6.45) is 1.70. The summed E-state index contributed by atoms with van der Waals surface area (Å²) in [7, 11) is -3.84. The van der Waals surface area contributed by atoms with Crippen LogP contribution in [-0.2, 0) is 14.8 Å². The van der Waals surface area contributed by atoms with E-state index in [-0.39, 0.29) is 11.3 Å². The normalized spacial score (nSPS) is 13.1. The van der Waals surface area contributed by atoms with E-state index in [1.54, 1.807) is 0 Å². The predicted molar refractivity (Wildman–Crippen MR) is 72.1 cm³/mol. The third-order valence-corrected chi connectivity index (χ3v) is 4.12. The minimum Gasteiger partial charge on any atom is -0.480 e. The summed E-state index contributed by atoms with van der Waals surface area (Å²) in [4.78, 5) is 11.0. The van der Waals surface area contributed by atoms with Crippen LogP contribution >= 0.6 is 0 Å². The maximum absolute atomic E-state index is 12.0. The van der Waals surface area contributed by atoms with Gasteiger partial charge in [-0.25, -0.2) is 8.42 Å². The summed E-state index contributed by atoms with van der Waals surface area (Å²) in [5, 5.41) is 9.01. The lowest BCUT2D eigenvalue weighted by Crippen LogP contribution is -2.40. The summed E-state index contributed by atoms with van der Waals surface area (Å²) in [6.45, 7) is 1.91. The van der Waals surface area contributed by atoms with Gasteiger partial charge >= 0.3 is 5.97 Å². The fourth-order valence-corrected chi connectivity index (χ4v) is 2.77. The lowest BCUT2D eigenvalue weighted by Gasteiger charge is -2.14. The van der Waals surface area contributed by atoms with E-state index in [1.165, 1.54) is 24.3 Å². The summed E-state index contributed by atoms with van der Waals surface area (Å²) >= 11 is 0. The molecule has 0 spiro atoms. The first-order valence-corrected chi connectivity index (χ1v) is 7.46. The van der Waals surface area contributed by atoms with Crippen LogP contribution in [0.15, 0.2) is 29.2 Å². The molecular weight excluding hydrogens is 268 g/mol. The van der Waals surface area contributed by atoms with Crippen molar-refractivity contribution in [1.29, 1.82) is 0 Å². The lowest BCUT2D eigenvalue weighted by molar-refractivity contribution is -0.139. The molecule has 0 aliphatic heterocycles. The summed E-state index contributed by atoms with van der Waals surface area (Å²) in [5.41, 5.74) is 5.92. The fourth-order valence-electron chi connectivity index (χ4n) is 1.54. The van der Waals surface area contributed by atoms with Gasteiger partial charge in [0.2, 0.25) is 10.0 Å². The van der Waals surface area contributed by atoms with Gasteiger partial charge in [0, 0.05) is 5.69 Å². The second-order valence-electron chi connectivity index (χ2n) is 4.22. The Kier molecular flexibility index (Phi) is 5.31. The number of rotatable bonds is 7. The highest BCUT2D eigenvalue weighted by Gasteiger charge is 2.24. The lowest BCUT2D eigenvalue weighted by atomic mass is 10.1. The van der Waals surface area contributed by atoms with Crippen LogP contribution in [0.5, 0.6) is 0 Å². The first kappa shape index (κ1) is 15.5. The Balaban J connectivity index is 2.87. The highest BCUT2D eigenvalue weighted by atomic mass is 32.2. The number of hydrogen-bond acceptors (Lipinski definition) is 4. The van der Waals surface area contributed by atoms with Gasteiger partial charge in [-0.05, 0) is 30.7 Å². The van der Waals surface area contributed by atoms with E-state index in [0.29, 0.717) is 12.1 Å². The number of nitrogens with one attached hydrogen (secondary N) is 1. The quantitative estimate of drug-likeness (QED) is 0.652. The van der Waals surface area contributed by atoms with Gasteiger partial charge in [0.1, 0.15) is 6.04 Å². The van der Waals surface area contributed by atoms with E-state index < -0.39 is 22.0 Å². The molecular formula is C12H18N2O4S. The highest BCUT2D eigenvalue weighted by Crippen LogP contribution is 2.13. The molecule has 0 amide bonds. The van der Waals surface area contributed by atoms with Gasteiger partial charge in [0.25, 0.3) is 0 Å². The van der Waals surface area contributed by atoms with Gasteiger partial charge < -0.3 is 10.8 Å². The average molecular weight is 286 g/mol. The van der Waals surface area contributed by atoms with Crippen molar-refractivity contribution < 1.29 is 18.3 Å². The molecule has 6 nitrogen and oxygen atoms in total. The van der Waals surface area contributed by atoms with Crippen molar-refractivity contribution in [2.75, 3.05) is 5.73 Å². The van der Waals surface area contributed by atoms with Gasteiger partial charge in [-0.2, -0.15) is 4.72 Å². The zero-order chi connectivity index (χ0) is 14.5. The molecule has 0 radical (unpaired) electrons. The van der Waals surface area contributed by atoms with Crippen LogP contribution in [0.2, 0.25) is 0 Å². The van der Waals surface area contributed by atoms with Crippen LogP contribution in [-0.4, -0.2) is 25.5 Å². The van der Waals surface area contributed by atoms with Crippen molar-refractivity contribution in [3.63, 3.8) is 0 Å². The first-order chi connectivity index (χ1) is 8.86. The van der Waals surface area contributed by atoms with E-state index in [0.717, 1.165) is 6.42 Å². The molecule has 0 heterocycles. The van der Waals surface area contributed by atoms with Crippen molar-refractivity contribution in [3.05, 3.63) is 24.3 Å². The van der Waals surface area contributed by atoms with Crippen LogP contribution in [0.25, 0.3) is 0 Å². The third kappa shape index (κ3) is 4.53. The van der Waals surface area contributed by atoms with Gasteiger partial charge in [-0.3, -0.25) is 4.79 Å². The van der Waals surface area contributed by atoms with Crippen LogP contribution in [0.4, 0.5) is 5.69 Å². The Hall–Kier alpha value is -1.60. The number of sulfonamides is 1. The van der Waals surface area contributed by atoms with Crippen molar-refractivity contribution >= 4 is 21.7 Å². The van der Waals surface area contributed by atoms with Crippen LogP contribution in [0.3, 0.4) is 0 Å². The number of nitrogens with two attached hydrogens (primary N) is 1. The molecule has 106 valence electrons. The Morgan fingerprint density at radius 1 is 1.37 bits per heavy atom. The number of hydrogen-bond donors (Lipinski definition) is 3. The summed E-state index contributed by atoms with van der Waals surface area (Å²) in [5.74, 6) is -1.17. The summed E-state index contributed by atoms with van der Waals surface area (Å²) < 4.78 is 26.2. The number of anilines is 1. The average Bonchev–Trinajstić information content (AvgIpc) is 2.34. The second kappa shape index (κ2) is 6.53. The molecule has 1 unspecified atom stereocenters. The topological polar surface area (TPSA) is 109 Å². The maximum Gasteiger partial charge on any atom is 0.321 e. The third-order valence-electron chi connectivity index (χ3n) is 2.63. The van der Waals surface area contributed by atoms with E-state index in [9.17, 15) is 13.2 Å².